The van der Waals surface area contributed by atoms with E-state index in [2.05, 4.69) is 21.3 Å². The largest absolute Gasteiger partial charge is 0.465 e. The van der Waals surface area contributed by atoms with E-state index in [1.807, 2.05) is 109 Å². The molecule has 0 aromatic heterocycles. The second kappa shape index (κ2) is 15.5. The number of amides is 3. The van der Waals surface area contributed by atoms with Gasteiger partial charge in [0.2, 0.25) is 5.91 Å². The number of fused-ring (bicyclic) bond motifs is 3. The molecule has 4 aromatic carbocycles. The van der Waals surface area contributed by atoms with E-state index < -0.39 is 24.3 Å². The molecule has 0 saturated heterocycles. The number of ether oxygens (including phenoxy) is 1. The quantitative estimate of drug-likeness (QED) is 0.128. The van der Waals surface area contributed by atoms with Crippen molar-refractivity contribution in [3.63, 3.8) is 0 Å². The number of hydrogen-bond acceptors (Lipinski definition) is 5. The van der Waals surface area contributed by atoms with Gasteiger partial charge in [0.05, 0.1) is 0 Å². The molecule has 232 valence electrons. The van der Waals surface area contributed by atoms with Crippen molar-refractivity contribution >= 4 is 18.1 Å². The molecule has 0 heterocycles. The summed E-state index contributed by atoms with van der Waals surface area (Å²) in [6, 6.07) is 33.8. The van der Waals surface area contributed by atoms with Gasteiger partial charge >= 0.3 is 12.2 Å². The highest BCUT2D eigenvalue weighted by molar-refractivity contribution is 5.86. The Hall–Kier alpha value is -5.15. The molecule has 3 amide bonds. The van der Waals surface area contributed by atoms with Crippen molar-refractivity contribution in [3.8, 4) is 11.1 Å². The highest BCUT2D eigenvalue weighted by atomic mass is 16.6. The van der Waals surface area contributed by atoms with Crippen molar-refractivity contribution in [2.45, 2.75) is 37.5 Å². The Labute approximate surface area is 263 Å². The second-order valence-corrected chi connectivity index (χ2v) is 11.0. The molecule has 4 aromatic rings. The first-order valence-corrected chi connectivity index (χ1v) is 15.2. The third kappa shape index (κ3) is 8.70. The van der Waals surface area contributed by atoms with Crippen LogP contribution in [0.3, 0.4) is 0 Å². The van der Waals surface area contributed by atoms with Gasteiger partial charge in [-0.05, 0) is 41.6 Å². The predicted octanol–water partition coefficient (Wildman–Crippen LogP) is 5.07. The first-order valence-electron chi connectivity index (χ1n) is 15.2. The normalized spacial score (nSPS) is 13.2. The van der Waals surface area contributed by atoms with E-state index in [0.29, 0.717) is 38.9 Å². The summed E-state index contributed by atoms with van der Waals surface area (Å²) in [6.07, 6.45) is -0.807. The summed E-state index contributed by atoms with van der Waals surface area (Å²) in [5, 5.41) is 20.8. The molecule has 0 aliphatic heterocycles. The Morgan fingerprint density at radius 1 is 0.689 bits per heavy atom. The van der Waals surface area contributed by atoms with Crippen molar-refractivity contribution in [1.29, 1.82) is 0 Å². The fourth-order valence-corrected chi connectivity index (χ4v) is 5.65. The summed E-state index contributed by atoms with van der Waals surface area (Å²) in [5.41, 5.74) is 5.84. The maximum Gasteiger partial charge on any atom is 0.408 e. The van der Waals surface area contributed by atoms with Gasteiger partial charge in [-0.1, -0.05) is 109 Å². The zero-order valence-electron chi connectivity index (χ0n) is 24.9. The fraction of sp³-hybridized carbons (Fsp3) is 0.250. The van der Waals surface area contributed by atoms with Crippen LogP contribution in [0.2, 0.25) is 0 Å². The number of alkyl carbamates (subject to hydrolysis) is 1. The summed E-state index contributed by atoms with van der Waals surface area (Å²) < 4.78 is 5.94. The number of nitrogens with one attached hydrogen (secondary N) is 4. The van der Waals surface area contributed by atoms with Gasteiger partial charge in [-0.25, -0.2) is 9.59 Å². The van der Waals surface area contributed by atoms with E-state index >= 15 is 0 Å². The van der Waals surface area contributed by atoms with Crippen LogP contribution in [0.15, 0.2) is 109 Å². The van der Waals surface area contributed by atoms with Gasteiger partial charge in [-0.3, -0.25) is 4.79 Å². The molecule has 0 saturated carbocycles. The van der Waals surface area contributed by atoms with Gasteiger partial charge in [0.15, 0.2) is 6.10 Å². The highest BCUT2D eigenvalue weighted by Gasteiger charge is 2.32. The van der Waals surface area contributed by atoms with Crippen LogP contribution in [0.5, 0.6) is 0 Å². The van der Waals surface area contributed by atoms with Gasteiger partial charge in [0.1, 0.15) is 6.04 Å². The van der Waals surface area contributed by atoms with E-state index in [0.717, 1.165) is 33.4 Å². The molecule has 0 bridgehead atoms. The Kier molecular flexibility index (Phi) is 10.8. The third-order valence-corrected chi connectivity index (χ3v) is 7.77. The minimum Gasteiger partial charge on any atom is -0.465 e. The van der Waals surface area contributed by atoms with Crippen LogP contribution in [0.25, 0.3) is 11.1 Å². The number of carboxylic acid groups (broad SMARTS) is 1. The van der Waals surface area contributed by atoms with Crippen molar-refractivity contribution < 1.29 is 24.2 Å². The zero-order valence-corrected chi connectivity index (χ0v) is 24.9. The lowest BCUT2D eigenvalue weighted by molar-refractivity contribution is -0.123. The monoisotopic (exact) mass is 606 g/mol. The van der Waals surface area contributed by atoms with Crippen molar-refractivity contribution in [2.24, 2.45) is 0 Å². The van der Waals surface area contributed by atoms with Gasteiger partial charge < -0.3 is 31.1 Å². The molecule has 5 rings (SSSR count). The average Bonchev–Trinajstić information content (AvgIpc) is 3.36. The first kappa shape index (κ1) is 31.3. The van der Waals surface area contributed by atoms with Crippen LogP contribution >= 0.6 is 0 Å². The molecule has 2 unspecified atom stereocenters. The fourth-order valence-electron chi connectivity index (χ4n) is 5.65. The smallest absolute Gasteiger partial charge is 0.408 e. The standard InChI is InChI=1S/C36H38N4O5/c41-34(38-21-11-20-37-24-27(39-35(42)43)22-25-12-3-1-4-13-25)32(23-26-14-5-2-6-15-26)40-36(44)45-33-30-18-9-7-16-28(30)29-17-8-10-19-31(29)33/h1-10,12-19,27,32-33,37,39H,11,20-24H2,(H,38,41)(H,40,44)(H,42,43). The van der Waals surface area contributed by atoms with Crippen LogP contribution in [0.1, 0.15) is 34.8 Å². The minimum atomic E-state index is -1.07. The summed E-state index contributed by atoms with van der Waals surface area (Å²) >= 11 is 0. The maximum atomic E-state index is 13.3. The lowest BCUT2D eigenvalue weighted by Crippen LogP contribution is -2.49. The Morgan fingerprint density at radius 2 is 1.24 bits per heavy atom. The molecular formula is C36H38N4O5. The SMILES string of the molecule is O=C(O)NC(CNCCCNC(=O)C(Cc1ccccc1)NC(=O)OC1c2ccccc2-c2ccccc21)Cc1ccccc1. The summed E-state index contributed by atoms with van der Waals surface area (Å²) in [4.78, 5) is 37.8. The number of benzene rings is 4. The Bertz CT molecular complexity index is 1540. The molecule has 9 nitrogen and oxygen atoms in total. The molecule has 9 heteroatoms. The summed E-state index contributed by atoms with van der Waals surface area (Å²) in [6.45, 7) is 1.41. The van der Waals surface area contributed by atoms with Crippen molar-refractivity contribution in [2.75, 3.05) is 19.6 Å². The summed E-state index contributed by atoms with van der Waals surface area (Å²) in [5.74, 6) is -0.308. The van der Waals surface area contributed by atoms with Crippen LogP contribution < -0.4 is 21.3 Å². The lowest BCUT2D eigenvalue weighted by atomic mass is 10.1. The molecule has 0 spiro atoms. The summed E-state index contributed by atoms with van der Waals surface area (Å²) in [7, 11) is 0. The molecule has 45 heavy (non-hydrogen) atoms. The number of hydrogen-bond donors (Lipinski definition) is 5. The average molecular weight is 607 g/mol. The van der Waals surface area contributed by atoms with Gasteiger partial charge in [-0.15, -0.1) is 0 Å². The molecule has 1 aliphatic carbocycles. The molecule has 0 radical (unpaired) electrons. The van der Waals surface area contributed by atoms with Gasteiger partial charge in [0, 0.05) is 36.7 Å². The van der Waals surface area contributed by atoms with Crippen molar-refractivity contribution in [3.05, 3.63) is 131 Å². The Morgan fingerprint density at radius 3 is 1.84 bits per heavy atom. The minimum absolute atomic E-state index is 0.288. The van der Waals surface area contributed by atoms with Gasteiger partial charge in [-0.2, -0.15) is 0 Å². The number of rotatable bonds is 14. The van der Waals surface area contributed by atoms with Crippen molar-refractivity contribution in [1.82, 2.24) is 21.3 Å². The lowest BCUT2D eigenvalue weighted by Gasteiger charge is -2.21. The van der Waals surface area contributed by atoms with Crippen LogP contribution in [0, 0.1) is 0 Å². The first-order chi connectivity index (χ1) is 22.0. The predicted molar refractivity (Wildman–Crippen MR) is 173 cm³/mol. The number of carbonyl (C=O) groups excluding carboxylic acids is 2. The highest BCUT2D eigenvalue weighted by Crippen LogP contribution is 2.45. The van der Waals surface area contributed by atoms with Crippen LogP contribution in [-0.2, 0) is 22.4 Å². The maximum absolute atomic E-state index is 13.3. The zero-order chi connectivity index (χ0) is 31.4. The van der Waals surface area contributed by atoms with Crippen LogP contribution in [0.4, 0.5) is 9.59 Å². The van der Waals surface area contributed by atoms with E-state index in [4.69, 9.17) is 4.74 Å². The van der Waals surface area contributed by atoms with E-state index in [1.54, 1.807) is 0 Å². The molecule has 0 fully saturated rings. The van der Waals surface area contributed by atoms with E-state index in [9.17, 15) is 19.5 Å². The molecular weight excluding hydrogens is 568 g/mol. The van der Waals surface area contributed by atoms with E-state index in [1.165, 1.54) is 0 Å². The van der Waals surface area contributed by atoms with Gasteiger partial charge in [0.25, 0.3) is 0 Å². The Balaban J connectivity index is 1.14. The molecule has 1 aliphatic rings. The molecule has 2 atom stereocenters. The second-order valence-electron chi connectivity index (χ2n) is 11.0. The molecule has 5 N–H and O–H groups in total. The topological polar surface area (TPSA) is 129 Å². The number of carbonyl (C=O) groups is 3. The van der Waals surface area contributed by atoms with Crippen LogP contribution in [-0.4, -0.2) is 54.9 Å². The van der Waals surface area contributed by atoms with E-state index in [-0.39, 0.29) is 11.9 Å². The third-order valence-electron chi connectivity index (χ3n) is 7.77.